The normalized spacial score (nSPS) is 19.7. The van der Waals surface area contributed by atoms with Gasteiger partial charge in [-0.05, 0) is 63.1 Å². The predicted molar refractivity (Wildman–Crippen MR) is 167 cm³/mol. The number of hydrogen-bond acceptors (Lipinski definition) is 10. The van der Waals surface area contributed by atoms with E-state index in [1.807, 2.05) is 18.2 Å². The number of hydrogen-bond donors (Lipinski definition) is 5. The Morgan fingerprint density at radius 2 is 1.69 bits per heavy atom. The maximum atomic E-state index is 10.5. The van der Waals surface area contributed by atoms with Gasteiger partial charge in [0.15, 0.2) is 11.6 Å². The van der Waals surface area contributed by atoms with Gasteiger partial charge in [0.25, 0.3) is 0 Å². The molecule has 0 amide bonds. The van der Waals surface area contributed by atoms with Crippen LogP contribution in [0.3, 0.4) is 0 Å². The summed E-state index contributed by atoms with van der Waals surface area (Å²) >= 11 is 0. The number of nitrogens with one attached hydrogen (secondary N) is 3. The van der Waals surface area contributed by atoms with E-state index >= 15 is 0 Å². The van der Waals surface area contributed by atoms with Gasteiger partial charge in [-0.1, -0.05) is 12.1 Å². The number of aromatic nitrogens is 4. The zero-order chi connectivity index (χ0) is 28.6. The molecule has 2 saturated heterocycles. The third-order valence-electron chi connectivity index (χ3n) is 8.84. The standard InChI is InChI=1S/C31H40N10O/c1-39-15-17-41(18-16-39)23-11-13-40(14-12-23)22-9-7-21(8-10-22)36-31-28(29(32)42)37-27(30(38-31)35-20-5-6-20)24-3-2-4-25-26(24)34-19-33-25/h2-4,7-10,19-20,23,29,42H,5-6,11-18,32H2,1H3,(H,33,34)(H2,35,36,38). The first-order valence-corrected chi connectivity index (χ1v) is 15.1. The summed E-state index contributed by atoms with van der Waals surface area (Å²) in [6, 6.07) is 15.4. The molecular weight excluding hydrogens is 528 g/mol. The van der Waals surface area contributed by atoms with Gasteiger partial charge in [-0.25, -0.2) is 15.0 Å². The average molecular weight is 569 g/mol. The Kier molecular flexibility index (Phi) is 7.41. The van der Waals surface area contributed by atoms with Crippen LogP contribution < -0.4 is 21.3 Å². The van der Waals surface area contributed by atoms with Gasteiger partial charge in [-0.3, -0.25) is 4.90 Å². The number of aliphatic hydroxyl groups excluding tert-OH is 1. The maximum Gasteiger partial charge on any atom is 0.158 e. The summed E-state index contributed by atoms with van der Waals surface area (Å²) in [5.74, 6) is 1.09. The topological polar surface area (TPSA) is 134 Å². The average Bonchev–Trinajstić information content (AvgIpc) is 3.69. The highest BCUT2D eigenvalue weighted by atomic mass is 16.3. The third-order valence-corrected chi connectivity index (χ3v) is 8.84. The second kappa shape index (κ2) is 11.5. The van der Waals surface area contributed by atoms with Crippen LogP contribution in [-0.2, 0) is 0 Å². The van der Waals surface area contributed by atoms with Gasteiger partial charge >= 0.3 is 0 Å². The number of fused-ring (bicyclic) bond motifs is 1. The molecule has 6 N–H and O–H groups in total. The van der Waals surface area contributed by atoms with Crippen molar-refractivity contribution < 1.29 is 5.11 Å². The summed E-state index contributed by atoms with van der Waals surface area (Å²) in [7, 11) is 2.21. The summed E-state index contributed by atoms with van der Waals surface area (Å²) in [5.41, 5.74) is 11.6. The molecule has 11 heteroatoms. The van der Waals surface area contributed by atoms with E-state index in [1.54, 1.807) is 6.33 Å². The Labute approximate surface area is 246 Å². The van der Waals surface area contributed by atoms with Gasteiger partial charge in [-0.2, -0.15) is 0 Å². The molecule has 220 valence electrons. The molecule has 1 saturated carbocycles. The molecule has 2 aromatic heterocycles. The number of piperidine rings is 1. The van der Waals surface area contributed by atoms with Crippen molar-refractivity contribution in [3.63, 3.8) is 0 Å². The summed E-state index contributed by atoms with van der Waals surface area (Å²) in [4.78, 5) is 25.0. The van der Waals surface area contributed by atoms with Crippen LogP contribution in [0, 0.1) is 0 Å². The monoisotopic (exact) mass is 568 g/mol. The van der Waals surface area contributed by atoms with E-state index in [4.69, 9.17) is 15.7 Å². The van der Waals surface area contributed by atoms with Crippen molar-refractivity contribution in [3.8, 4) is 11.3 Å². The fourth-order valence-corrected chi connectivity index (χ4v) is 6.18. The summed E-state index contributed by atoms with van der Waals surface area (Å²) < 4.78 is 0. The van der Waals surface area contributed by atoms with E-state index in [9.17, 15) is 5.11 Å². The number of benzene rings is 2. The van der Waals surface area contributed by atoms with E-state index < -0.39 is 6.23 Å². The minimum absolute atomic E-state index is 0.286. The minimum Gasteiger partial charge on any atom is -0.373 e. The van der Waals surface area contributed by atoms with Crippen LogP contribution in [0.5, 0.6) is 0 Å². The van der Waals surface area contributed by atoms with Crippen LogP contribution in [0.25, 0.3) is 22.3 Å². The van der Waals surface area contributed by atoms with E-state index in [2.05, 4.69) is 66.6 Å². The Morgan fingerprint density at radius 1 is 0.929 bits per heavy atom. The van der Waals surface area contributed by atoms with E-state index in [-0.39, 0.29) is 5.69 Å². The molecule has 0 bridgehead atoms. The molecule has 11 nitrogen and oxygen atoms in total. The number of para-hydroxylation sites is 1. The molecular formula is C31H40N10O. The number of nitrogens with two attached hydrogens (primary N) is 1. The Balaban J connectivity index is 1.10. The van der Waals surface area contributed by atoms with E-state index in [0.717, 1.165) is 48.2 Å². The molecule has 7 rings (SSSR count). The number of imidazole rings is 1. The van der Waals surface area contributed by atoms with Crippen molar-refractivity contribution in [3.05, 3.63) is 54.5 Å². The quantitative estimate of drug-likeness (QED) is 0.201. The van der Waals surface area contributed by atoms with Crippen molar-refractivity contribution in [2.75, 3.05) is 61.8 Å². The van der Waals surface area contributed by atoms with Gasteiger partial charge < -0.3 is 36.3 Å². The van der Waals surface area contributed by atoms with E-state index in [0.29, 0.717) is 29.4 Å². The molecule has 42 heavy (non-hydrogen) atoms. The largest absolute Gasteiger partial charge is 0.373 e. The fourth-order valence-electron chi connectivity index (χ4n) is 6.18. The summed E-state index contributed by atoms with van der Waals surface area (Å²) in [6.07, 6.45) is 4.95. The lowest BCUT2D eigenvalue weighted by Crippen LogP contribution is -2.52. The molecule has 2 aromatic carbocycles. The highest BCUT2D eigenvalue weighted by Gasteiger charge is 2.28. The van der Waals surface area contributed by atoms with Crippen LogP contribution in [0.2, 0.25) is 0 Å². The lowest BCUT2D eigenvalue weighted by Gasteiger charge is -2.42. The third kappa shape index (κ3) is 5.65. The minimum atomic E-state index is -1.30. The van der Waals surface area contributed by atoms with Gasteiger partial charge in [0.05, 0.1) is 17.4 Å². The number of H-pyrrole nitrogens is 1. The Morgan fingerprint density at radius 3 is 2.40 bits per heavy atom. The molecule has 0 spiro atoms. The Hall–Kier alpha value is -3.77. The zero-order valence-electron chi connectivity index (χ0n) is 24.1. The smallest absolute Gasteiger partial charge is 0.158 e. The number of likely N-dealkylation sites (N-methyl/N-ethyl adjacent to an activating group) is 1. The first-order valence-electron chi connectivity index (χ1n) is 15.1. The lowest BCUT2D eigenvalue weighted by molar-refractivity contribution is 0.0982. The lowest BCUT2D eigenvalue weighted by atomic mass is 10.0. The first-order chi connectivity index (χ1) is 20.5. The van der Waals surface area contributed by atoms with Crippen molar-refractivity contribution >= 4 is 34.0 Å². The van der Waals surface area contributed by atoms with Crippen LogP contribution >= 0.6 is 0 Å². The zero-order valence-corrected chi connectivity index (χ0v) is 24.1. The van der Waals surface area contributed by atoms with Gasteiger partial charge in [0, 0.05) is 68.3 Å². The maximum absolute atomic E-state index is 10.5. The first kappa shape index (κ1) is 27.1. The van der Waals surface area contributed by atoms with E-state index in [1.165, 1.54) is 44.7 Å². The van der Waals surface area contributed by atoms with Gasteiger partial charge in [-0.15, -0.1) is 0 Å². The van der Waals surface area contributed by atoms with Crippen LogP contribution in [0.1, 0.15) is 37.6 Å². The molecule has 1 unspecified atom stereocenters. The van der Waals surface area contributed by atoms with Crippen molar-refractivity contribution in [1.82, 2.24) is 29.7 Å². The molecule has 0 radical (unpaired) electrons. The number of anilines is 4. The highest BCUT2D eigenvalue weighted by molar-refractivity contribution is 5.93. The van der Waals surface area contributed by atoms with Crippen LogP contribution in [0.15, 0.2) is 48.8 Å². The van der Waals surface area contributed by atoms with Crippen molar-refractivity contribution in [2.24, 2.45) is 5.73 Å². The molecule has 1 aliphatic carbocycles. The fraction of sp³-hybridized carbons (Fsp3) is 0.452. The Bertz CT molecular complexity index is 1520. The SMILES string of the molecule is CN1CCN(C2CCN(c3ccc(Nc4nc(NC5CC5)c(-c5cccc6[nH]cnc56)nc4C(N)O)cc3)CC2)CC1. The second-order valence-electron chi connectivity index (χ2n) is 11.9. The molecule has 1 atom stereocenters. The number of piperazine rings is 1. The van der Waals surface area contributed by atoms with Gasteiger partial charge in [0.2, 0.25) is 0 Å². The predicted octanol–water partition coefficient (Wildman–Crippen LogP) is 3.50. The summed E-state index contributed by atoms with van der Waals surface area (Å²) in [5, 5.41) is 17.4. The molecule has 3 aliphatic rings. The molecule has 4 aromatic rings. The van der Waals surface area contributed by atoms with Crippen LogP contribution in [-0.4, -0.2) is 93.2 Å². The number of rotatable bonds is 8. The summed E-state index contributed by atoms with van der Waals surface area (Å²) in [6.45, 7) is 6.84. The molecule has 3 fully saturated rings. The number of aliphatic hydroxyl groups is 1. The van der Waals surface area contributed by atoms with Crippen molar-refractivity contribution in [1.29, 1.82) is 0 Å². The molecule has 4 heterocycles. The van der Waals surface area contributed by atoms with Crippen LogP contribution in [0.4, 0.5) is 23.0 Å². The van der Waals surface area contributed by atoms with Crippen molar-refractivity contribution in [2.45, 2.75) is 44.0 Å². The number of nitrogens with zero attached hydrogens (tertiary/aromatic N) is 6. The van der Waals surface area contributed by atoms with Gasteiger partial charge in [0.1, 0.15) is 17.6 Å². The second-order valence-corrected chi connectivity index (χ2v) is 11.9. The highest BCUT2D eigenvalue weighted by Crippen LogP contribution is 2.36. The number of aromatic amines is 1. The molecule has 2 aliphatic heterocycles.